The molecule has 1 amide bonds. The number of hydrogen-bond acceptors (Lipinski definition) is 3. The molecule has 1 heterocycles. The van der Waals surface area contributed by atoms with Gasteiger partial charge in [0.25, 0.3) is 5.91 Å². The molecule has 1 aliphatic heterocycles. The standard InChI is InChI=1S/C15H18ClNO4/c1-2-7-21-13-4-3-11(16)8-12(13)14(18)17-6-5-10(9-17)15(19)20/h3-4,8,10H,2,5-7,9H2,1H3,(H,19,20). The van der Waals surface area contributed by atoms with Crippen molar-refractivity contribution in [2.75, 3.05) is 19.7 Å². The summed E-state index contributed by atoms with van der Waals surface area (Å²) in [5.41, 5.74) is 0.391. The number of rotatable bonds is 5. The Kier molecular flexibility index (Phi) is 5.07. The molecule has 6 heteroatoms. The lowest BCUT2D eigenvalue weighted by Gasteiger charge is -2.18. The van der Waals surface area contributed by atoms with E-state index in [-0.39, 0.29) is 12.5 Å². The zero-order chi connectivity index (χ0) is 15.4. The molecule has 0 aromatic heterocycles. The molecule has 0 radical (unpaired) electrons. The van der Waals surface area contributed by atoms with Crippen LogP contribution in [0.25, 0.3) is 0 Å². The van der Waals surface area contributed by atoms with E-state index in [4.69, 9.17) is 21.4 Å². The third-order valence-corrected chi connectivity index (χ3v) is 3.69. The van der Waals surface area contributed by atoms with Gasteiger partial charge in [0.1, 0.15) is 5.75 Å². The van der Waals surface area contributed by atoms with Crippen molar-refractivity contribution in [1.29, 1.82) is 0 Å². The number of carboxylic acids is 1. The first-order valence-electron chi connectivity index (χ1n) is 6.97. The molecule has 5 nitrogen and oxygen atoms in total. The monoisotopic (exact) mass is 311 g/mol. The minimum absolute atomic E-state index is 0.229. The Morgan fingerprint density at radius 2 is 2.24 bits per heavy atom. The van der Waals surface area contributed by atoms with Crippen molar-refractivity contribution >= 4 is 23.5 Å². The number of halogens is 1. The zero-order valence-corrected chi connectivity index (χ0v) is 12.6. The number of nitrogens with zero attached hydrogens (tertiary/aromatic N) is 1. The number of aliphatic carboxylic acids is 1. The third-order valence-electron chi connectivity index (χ3n) is 3.46. The van der Waals surface area contributed by atoms with E-state index in [0.717, 1.165) is 6.42 Å². The second-order valence-electron chi connectivity index (χ2n) is 5.06. The van der Waals surface area contributed by atoms with Crippen molar-refractivity contribution in [3.05, 3.63) is 28.8 Å². The third kappa shape index (κ3) is 3.67. The summed E-state index contributed by atoms with van der Waals surface area (Å²) in [4.78, 5) is 25.1. The van der Waals surface area contributed by atoms with Gasteiger partial charge in [-0.1, -0.05) is 18.5 Å². The van der Waals surface area contributed by atoms with Crippen molar-refractivity contribution < 1.29 is 19.4 Å². The summed E-state index contributed by atoms with van der Waals surface area (Å²) in [6.45, 7) is 3.17. The van der Waals surface area contributed by atoms with E-state index in [1.54, 1.807) is 23.1 Å². The van der Waals surface area contributed by atoms with E-state index < -0.39 is 11.9 Å². The minimum atomic E-state index is -0.862. The SMILES string of the molecule is CCCOc1ccc(Cl)cc1C(=O)N1CCC(C(=O)O)C1. The van der Waals surface area contributed by atoms with Crippen molar-refractivity contribution in [2.45, 2.75) is 19.8 Å². The van der Waals surface area contributed by atoms with Gasteiger partial charge in [-0.25, -0.2) is 0 Å². The van der Waals surface area contributed by atoms with Crippen molar-refractivity contribution in [3.63, 3.8) is 0 Å². The van der Waals surface area contributed by atoms with Gasteiger partial charge >= 0.3 is 5.97 Å². The maximum atomic E-state index is 12.5. The van der Waals surface area contributed by atoms with E-state index in [2.05, 4.69) is 0 Å². The van der Waals surface area contributed by atoms with Gasteiger partial charge in [0.2, 0.25) is 0 Å². The summed E-state index contributed by atoms with van der Waals surface area (Å²) in [5, 5.41) is 9.47. The largest absolute Gasteiger partial charge is 0.493 e. The van der Waals surface area contributed by atoms with Crippen LogP contribution in [-0.2, 0) is 4.79 Å². The number of carboxylic acid groups (broad SMARTS) is 1. The summed E-state index contributed by atoms with van der Waals surface area (Å²) in [6.07, 6.45) is 1.31. The molecule has 0 aliphatic carbocycles. The van der Waals surface area contributed by atoms with Crippen LogP contribution in [0, 0.1) is 5.92 Å². The Morgan fingerprint density at radius 1 is 1.48 bits per heavy atom. The molecule has 1 fully saturated rings. The lowest BCUT2D eigenvalue weighted by molar-refractivity contribution is -0.141. The maximum absolute atomic E-state index is 12.5. The fourth-order valence-electron chi connectivity index (χ4n) is 2.32. The van der Waals surface area contributed by atoms with Crippen LogP contribution in [0.4, 0.5) is 0 Å². The molecule has 2 rings (SSSR count). The Bertz CT molecular complexity index is 546. The van der Waals surface area contributed by atoms with Crippen LogP contribution in [-0.4, -0.2) is 41.6 Å². The van der Waals surface area contributed by atoms with Crippen molar-refractivity contribution in [3.8, 4) is 5.75 Å². The number of carbonyl (C=O) groups excluding carboxylic acids is 1. The molecule has 114 valence electrons. The lowest BCUT2D eigenvalue weighted by Crippen LogP contribution is -2.30. The van der Waals surface area contributed by atoms with Gasteiger partial charge in [-0.3, -0.25) is 9.59 Å². The molecule has 1 aromatic carbocycles. The van der Waals surface area contributed by atoms with E-state index in [0.29, 0.717) is 35.9 Å². The molecular formula is C15H18ClNO4. The highest BCUT2D eigenvalue weighted by Crippen LogP contribution is 2.27. The van der Waals surface area contributed by atoms with Gasteiger partial charge in [0, 0.05) is 18.1 Å². The molecule has 1 saturated heterocycles. The van der Waals surface area contributed by atoms with E-state index in [1.165, 1.54) is 0 Å². The summed E-state index contributed by atoms with van der Waals surface area (Å²) >= 11 is 5.96. The van der Waals surface area contributed by atoms with Gasteiger partial charge in [0.05, 0.1) is 18.1 Å². The summed E-state index contributed by atoms with van der Waals surface area (Å²) in [5.74, 6) is -1.09. The Hall–Kier alpha value is -1.75. The normalized spacial score (nSPS) is 17.8. The lowest BCUT2D eigenvalue weighted by atomic mass is 10.1. The Morgan fingerprint density at radius 3 is 2.86 bits per heavy atom. The van der Waals surface area contributed by atoms with Crippen LogP contribution in [0.2, 0.25) is 5.02 Å². The predicted octanol–water partition coefficient (Wildman–Crippen LogP) is 2.68. The smallest absolute Gasteiger partial charge is 0.308 e. The highest BCUT2D eigenvalue weighted by atomic mass is 35.5. The molecule has 21 heavy (non-hydrogen) atoms. The highest BCUT2D eigenvalue weighted by molar-refractivity contribution is 6.31. The second kappa shape index (κ2) is 6.80. The predicted molar refractivity (Wildman–Crippen MR) is 78.9 cm³/mol. The Labute approximate surface area is 128 Å². The first kappa shape index (κ1) is 15.6. The van der Waals surface area contributed by atoms with Gasteiger partial charge in [-0.2, -0.15) is 0 Å². The fraction of sp³-hybridized carbons (Fsp3) is 0.467. The van der Waals surface area contributed by atoms with Gasteiger partial charge in [-0.15, -0.1) is 0 Å². The number of ether oxygens (including phenoxy) is 1. The van der Waals surface area contributed by atoms with E-state index in [1.807, 2.05) is 6.92 Å². The topological polar surface area (TPSA) is 66.8 Å². The molecule has 1 unspecified atom stereocenters. The molecule has 1 atom stereocenters. The van der Waals surface area contributed by atoms with Crippen LogP contribution in [0.1, 0.15) is 30.1 Å². The number of carbonyl (C=O) groups is 2. The number of benzene rings is 1. The molecule has 1 N–H and O–H groups in total. The van der Waals surface area contributed by atoms with Crippen LogP contribution in [0.3, 0.4) is 0 Å². The van der Waals surface area contributed by atoms with Crippen molar-refractivity contribution in [1.82, 2.24) is 4.90 Å². The Balaban J connectivity index is 2.18. The zero-order valence-electron chi connectivity index (χ0n) is 11.8. The maximum Gasteiger partial charge on any atom is 0.308 e. The summed E-state index contributed by atoms with van der Waals surface area (Å²) in [7, 11) is 0. The van der Waals surface area contributed by atoms with Gasteiger partial charge in [-0.05, 0) is 31.0 Å². The molecule has 0 bridgehead atoms. The number of hydrogen-bond donors (Lipinski definition) is 1. The van der Waals surface area contributed by atoms with Crippen LogP contribution in [0.5, 0.6) is 5.75 Å². The van der Waals surface area contributed by atoms with Crippen LogP contribution < -0.4 is 4.74 Å². The first-order chi connectivity index (χ1) is 10.0. The molecule has 0 spiro atoms. The van der Waals surface area contributed by atoms with Crippen LogP contribution >= 0.6 is 11.6 Å². The van der Waals surface area contributed by atoms with E-state index in [9.17, 15) is 9.59 Å². The van der Waals surface area contributed by atoms with Gasteiger partial charge in [0.15, 0.2) is 0 Å². The fourth-order valence-corrected chi connectivity index (χ4v) is 2.50. The summed E-state index contributed by atoms with van der Waals surface area (Å²) in [6, 6.07) is 4.92. The summed E-state index contributed by atoms with van der Waals surface area (Å²) < 4.78 is 5.57. The molecule has 0 saturated carbocycles. The highest BCUT2D eigenvalue weighted by Gasteiger charge is 2.32. The van der Waals surface area contributed by atoms with E-state index >= 15 is 0 Å². The average molecular weight is 312 g/mol. The average Bonchev–Trinajstić information content (AvgIpc) is 2.95. The minimum Gasteiger partial charge on any atom is -0.493 e. The number of likely N-dealkylation sites (tertiary alicyclic amines) is 1. The molecule has 1 aliphatic rings. The number of amides is 1. The van der Waals surface area contributed by atoms with Crippen molar-refractivity contribution in [2.24, 2.45) is 5.92 Å². The second-order valence-corrected chi connectivity index (χ2v) is 5.50. The first-order valence-corrected chi connectivity index (χ1v) is 7.35. The van der Waals surface area contributed by atoms with Gasteiger partial charge < -0.3 is 14.7 Å². The molecule has 1 aromatic rings. The quantitative estimate of drug-likeness (QED) is 0.908. The van der Waals surface area contributed by atoms with Crippen LogP contribution in [0.15, 0.2) is 18.2 Å². The molecular weight excluding hydrogens is 294 g/mol.